The molecule has 1 saturated carbocycles. The summed E-state index contributed by atoms with van der Waals surface area (Å²) in [7, 11) is 0. The highest BCUT2D eigenvalue weighted by Crippen LogP contribution is 2.35. The number of aromatic amines is 1. The summed E-state index contributed by atoms with van der Waals surface area (Å²) in [6.45, 7) is 1.59. The lowest BCUT2D eigenvalue weighted by molar-refractivity contribution is 0.191. The molecule has 4 N–H and O–H groups in total. The van der Waals surface area contributed by atoms with E-state index in [4.69, 9.17) is 15.7 Å². The van der Waals surface area contributed by atoms with E-state index < -0.39 is 5.82 Å². The van der Waals surface area contributed by atoms with Gasteiger partial charge in [-0.1, -0.05) is 0 Å². The van der Waals surface area contributed by atoms with E-state index in [9.17, 15) is 4.39 Å². The van der Waals surface area contributed by atoms with Crippen LogP contribution in [0.2, 0.25) is 0 Å². The number of halogens is 1. The molecular formula is C19H19FN8O. The molecule has 3 aromatic rings. The first-order valence-corrected chi connectivity index (χ1v) is 9.17. The van der Waals surface area contributed by atoms with Crippen molar-refractivity contribution in [1.82, 2.24) is 25.1 Å². The minimum Gasteiger partial charge on any atom is -0.486 e. The number of H-pyrrole nitrogens is 1. The molecule has 10 heteroatoms. The molecule has 3 heterocycles. The summed E-state index contributed by atoms with van der Waals surface area (Å²) in [6.07, 6.45) is 6.78. The van der Waals surface area contributed by atoms with Crippen molar-refractivity contribution in [3.63, 3.8) is 0 Å². The fourth-order valence-electron chi connectivity index (χ4n) is 3.27. The number of rotatable bonds is 5. The third kappa shape index (κ3) is 3.86. The summed E-state index contributed by atoms with van der Waals surface area (Å²) < 4.78 is 21.0. The van der Waals surface area contributed by atoms with Crippen LogP contribution in [0.15, 0.2) is 24.7 Å². The van der Waals surface area contributed by atoms with Crippen LogP contribution in [0.4, 0.5) is 16.0 Å². The summed E-state index contributed by atoms with van der Waals surface area (Å²) in [5.41, 5.74) is 7.24. The highest BCUT2D eigenvalue weighted by atomic mass is 19.1. The van der Waals surface area contributed by atoms with E-state index in [1.165, 1.54) is 18.6 Å². The zero-order chi connectivity index (χ0) is 20.4. The number of ether oxygens (including phenoxy) is 1. The van der Waals surface area contributed by atoms with Gasteiger partial charge in [0.2, 0.25) is 0 Å². The third-order valence-electron chi connectivity index (χ3n) is 4.81. The Morgan fingerprint density at radius 3 is 2.79 bits per heavy atom. The number of hydrogen-bond acceptors (Lipinski definition) is 8. The number of aromatic nitrogens is 5. The molecular weight excluding hydrogens is 375 g/mol. The number of aryl methyl sites for hydroxylation is 1. The SMILES string of the molecule is Cc1ncc(O[C@@H]2CCC[C@@H]2N)c(-c2cc(Nc3cnc(C#N)cn3)n[nH]2)c1F. The van der Waals surface area contributed by atoms with Crippen LogP contribution < -0.4 is 15.8 Å². The normalized spacial score (nSPS) is 18.4. The van der Waals surface area contributed by atoms with Gasteiger partial charge in [0, 0.05) is 12.1 Å². The molecule has 1 fully saturated rings. The number of hydrogen-bond donors (Lipinski definition) is 3. The predicted molar refractivity (Wildman–Crippen MR) is 103 cm³/mol. The van der Waals surface area contributed by atoms with E-state index in [1.54, 1.807) is 13.0 Å². The predicted octanol–water partition coefficient (Wildman–Crippen LogP) is 2.58. The van der Waals surface area contributed by atoms with Crippen molar-refractivity contribution in [2.45, 2.75) is 38.3 Å². The number of nitrogens with zero attached hydrogens (tertiary/aromatic N) is 5. The van der Waals surface area contributed by atoms with E-state index in [-0.39, 0.29) is 29.1 Å². The average Bonchev–Trinajstić information content (AvgIpc) is 3.35. The molecule has 0 unspecified atom stereocenters. The first kappa shape index (κ1) is 18.8. The van der Waals surface area contributed by atoms with Crippen LogP contribution in [0.1, 0.15) is 30.7 Å². The summed E-state index contributed by atoms with van der Waals surface area (Å²) in [5.74, 6) is 0.657. The van der Waals surface area contributed by atoms with Crippen molar-refractivity contribution in [3.05, 3.63) is 41.9 Å². The Labute approximate surface area is 166 Å². The Morgan fingerprint density at radius 2 is 2.10 bits per heavy atom. The maximum Gasteiger partial charge on any atom is 0.158 e. The fourth-order valence-corrected chi connectivity index (χ4v) is 3.27. The van der Waals surface area contributed by atoms with Crippen LogP contribution >= 0.6 is 0 Å². The molecule has 148 valence electrons. The first-order valence-electron chi connectivity index (χ1n) is 9.17. The van der Waals surface area contributed by atoms with Gasteiger partial charge in [-0.15, -0.1) is 0 Å². The molecule has 0 bridgehead atoms. The van der Waals surface area contributed by atoms with Gasteiger partial charge in [-0.05, 0) is 26.2 Å². The minimum atomic E-state index is -0.484. The fraction of sp³-hybridized carbons (Fsp3) is 0.316. The van der Waals surface area contributed by atoms with Crippen molar-refractivity contribution in [2.75, 3.05) is 5.32 Å². The summed E-state index contributed by atoms with van der Waals surface area (Å²) in [4.78, 5) is 12.1. The van der Waals surface area contributed by atoms with Crippen LogP contribution in [0, 0.1) is 24.1 Å². The Balaban J connectivity index is 1.62. The molecule has 1 aliphatic rings. The van der Waals surface area contributed by atoms with Gasteiger partial charge < -0.3 is 15.8 Å². The van der Waals surface area contributed by atoms with Gasteiger partial charge in [0.25, 0.3) is 0 Å². The van der Waals surface area contributed by atoms with Crippen LogP contribution in [-0.4, -0.2) is 37.3 Å². The van der Waals surface area contributed by atoms with Gasteiger partial charge >= 0.3 is 0 Å². The Morgan fingerprint density at radius 1 is 1.24 bits per heavy atom. The van der Waals surface area contributed by atoms with Crippen molar-refractivity contribution in [2.24, 2.45) is 5.73 Å². The molecule has 0 spiro atoms. The third-order valence-corrected chi connectivity index (χ3v) is 4.81. The Bertz CT molecular complexity index is 1060. The van der Waals surface area contributed by atoms with Crippen molar-refractivity contribution in [1.29, 1.82) is 5.26 Å². The largest absolute Gasteiger partial charge is 0.486 e. The topological polar surface area (TPSA) is 138 Å². The quantitative estimate of drug-likeness (QED) is 0.600. The molecule has 3 aromatic heterocycles. The number of nitrogens with two attached hydrogens (primary N) is 1. The second-order valence-electron chi connectivity index (χ2n) is 6.84. The minimum absolute atomic E-state index is 0.0823. The summed E-state index contributed by atoms with van der Waals surface area (Å²) in [5, 5.41) is 18.7. The van der Waals surface area contributed by atoms with E-state index in [2.05, 4.69) is 30.5 Å². The number of nitriles is 1. The van der Waals surface area contributed by atoms with E-state index >= 15 is 0 Å². The van der Waals surface area contributed by atoms with Gasteiger partial charge in [0.15, 0.2) is 17.3 Å². The van der Waals surface area contributed by atoms with E-state index in [0.717, 1.165) is 19.3 Å². The molecule has 1 aliphatic carbocycles. The van der Waals surface area contributed by atoms with Gasteiger partial charge in [-0.3, -0.25) is 10.1 Å². The lowest BCUT2D eigenvalue weighted by atomic mass is 10.1. The smallest absolute Gasteiger partial charge is 0.158 e. The number of anilines is 2. The van der Waals surface area contributed by atoms with Crippen molar-refractivity contribution in [3.8, 4) is 23.1 Å². The average molecular weight is 394 g/mol. The standard InChI is InChI=1S/C19H19FN8O/c1-10-19(20)18(15(8-23-10)29-14-4-2-3-12(14)22)13-5-16(28-27-13)26-17-9-24-11(6-21)7-25-17/h5,7-9,12,14H,2-4,22H2,1H3,(H2,25,26,27,28)/t12-,14+/m0/s1. The van der Waals surface area contributed by atoms with Gasteiger partial charge in [0.1, 0.15) is 23.7 Å². The second kappa shape index (κ2) is 7.81. The Kier molecular flexibility index (Phi) is 5.05. The van der Waals surface area contributed by atoms with Crippen LogP contribution in [-0.2, 0) is 0 Å². The molecule has 0 saturated heterocycles. The Hall–Kier alpha value is -3.58. The highest BCUT2D eigenvalue weighted by Gasteiger charge is 2.28. The zero-order valence-electron chi connectivity index (χ0n) is 15.7. The monoisotopic (exact) mass is 394 g/mol. The van der Waals surface area contributed by atoms with Crippen LogP contribution in [0.5, 0.6) is 5.75 Å². The van der Waals surface area contributed by atoms with E-state index in [0.29, 0.717) is 23.1 Å². The maximum absolute atomic E-state index is 14.9. The van der Waals surface area contributed by atoms with E-state index in [1.807, 2.05) is 6.07 Å². The number of nitrogens with one attached hydrogen (secondary N) is 2. The van der Waals surface area contributed by atoms with Gasteiger partial charge in [-0.25, -0.2) is 14.4 Å². The first-order chi connectivity index (χ1) is 14.0. The summed E-state index contributed by atoms with van der Waals surface area (Å²) in [6, 6.07) is 3.46. The molecule has 29 heavy (non-hydrogen) atoms. The maximum atomic E-state index is 14.9. The van der Waals surface area contributed by atoms with Crippen LogP contribution in [0.25, 0.3) is 11.3 Å². The molecule has 2 atom stereocenters. The molecule has 0 aliphatic heterocycles. The van der Waals surface area contributed by atoms with Crippen molar-refractivity contribution >= 4 is 11.6 Å². The molecule has 0 amide bonds. The highest BCUT2D eigenvalue weighted by molar-refractivity contribution is 5.71. The second-order valence-corrected chi connectivity index (χ2v) is 6.84. The van der Waals surface area contributed by atoms with Gasteiger partial charge in [0.05, 0.1) is 35.5 Å². The van der Waals surface area contributed by atoms with Crippen LogP contribution in [0.3, 0.4) is 0 Å². The molecule has 4 rings (SSSR count). The molecule has 9 nitrogen and oxygen atoms in total. The molecule has 0 aromatic carbocycles. The summed E-state index contributed by atoms with van der Waals surface area (Å²) >= 11 is 0. The zero-order valence-corrected chi connectivity index (χ0v) is 15.7. The lowest BCUT2D eigenvalue weighted by Gasteiger charge is -2.20. The molecule has 0 radical (unpaired) electrons. The lowest BCUT2D eigenvalue weighted by Crippen LogP contribution is -2.33. The number of pyridine rings is 1. The van der Waals surface area contributed by atoms with Crippen molar-refractivity contribution < 1.29 is 9.13 Å². The van der Waals surface area contributed by atoms with Gasteiger partial charge in [-0.2, -0.15) is 10.4 Å².